The minimum absolute atomic E-state index is 0.0942. The van der Waals surface area contributed by atoms with Crippen molar-refractivity contribution in [1.29, 1.82) is 0 Å². The second-order valence-electron chi connectivity index (χ2n) is 6.65. The van der Waals surface area contributed by atoms with E-state index < -0.39 is 6.10 Å². The predicted octanol–water partition coefficient (Wildman–Crippen LogP) is 2.60. The van der Waals surface area contributed by atoms with Crippen molar-refractivity contribution in [3.05, 3.63) is 59.8 Å². The Kier molecular flexibility index (Phi) is 5.66. The summed E-state index contributed by atoms with van der Waals surface area (Å²) in [5.74, 6) is 0.901. The van der Waals surface area contributed by atoms with Crippen LogP contribution in [0.4, 0.5) is 5.82 Å². The Morgan fingerprint density at radius 3 is 2.60 bits per heavy atom. The number of amides is 1. The number of rotatable bonds is 5. The normalized spacial score (nSPS) is 16.5. The van der Waals surface area contributed by atoms with Crippen LogP contribution in [0, 0.1) is 6.92 Å². The number of carbonyl (C=O) groups is 1. The van der Waals surface area contributed by atoms with Gasteiger partial charge in [0, 0.05) is 25.3 Å². The number of nitrogens with one attached hydrogen (secondary N) is 1. The number of benzene rings is 1. The van der Waals surface area contributed by atoms with Gasteiger partial charge in [-0.15, -0.1) is 0 Å². The van der Waals surface area contributed by atoms with Crippen molar-refractivity contribution >= 4 is 11.7 Å². The smallest absolute Gasteiger partial charge is 0.223 e. The van der Waals surface area contributed by atoms with E-state index in [1.165, 1.54) is 0 Å². The Hall–Kier alpha value is -2.40. The highest BCUT2D eigenvalue weighted by Crippen LogP contribution is 2.19. The second-order valence-corrected chi connectivity index (χ2v) is 6.65. The van der Waals surface area contributed by atoms with Gasteiger partial charge in [0.1, 0.15) is 5.82 Å². The van der Waals surface area contributed by atoms with Crippen molar-refractivity contribution in [2.75, 3.05) is 18.0 Å². The van der Waals surface area contributed by atoms with Gasteiger partial charge < -0.3 is 15.3 Å². The molecule has 1 aliphatic heterocycles. The molecule has 1 saturated heterocycles. The van der Waals surface area contributed by atoms with Gasteiger partial charge in [0.15, 0.2) is 0 Å². The van der Waals surface area contributed by atoms with Gasteiger partial charge in [-0.25, -0.2) is 4.98 Å². The predicted molar refractivity (Wildman–Crippen MR) is 98.4 cm³/mol. The fourth-order valence-corrected chi connectivity index (χ4v) is 3.16. The van der Waals surface area contributed by atoms with Gasteiger partial charge in [-0.2, -0.15) is 0 Å². The average Bonchev–Trinajstić information content (AvgIpc) is 2.64. The second kappa shape index (κ2) is 8.12. The van der Waals surface area contributed by atoms with E-state index in [9.17, 15) is 9.90 Å². The fraction of sp³-hybridized carbons (Fsp3) is 0.400. The Labute approximate surface area is 148 Å². The molecule has 0 saturated carbocycles. The summed E-state index contributed by atoms with van der Waals surface area (Å²) in [4.78, 5) is 18.9. The quantitative estimate of drug-likeness (QED) is 0.879. The first-order chi connectivity index (χ1) is 12.1. The highest BCUT2D eigenvalue weighted by atomic mass is 16.3. The van der Waals surface area contributed by atoms with E-state index in [0.29, 0.717) is 0 Å². The van der Waals surface area contributed by atoms with Crippen LogP contribution in [0.2, 0.25) is 0 Å². The number of anilines is 1. The molecular formula is C20H25N3O2. The van der Waals surface area contributed by atoms with Gasteiger partial charge in [0.05, 0.1) is 12.5 Å². The van der Waals surface area contributed by atoms with Crippen molar-refractivity contribution in [2.45, 2.75) is 38.3 Å². The van der Waals surface area contributed by atoms with Crippen LogP contribution >= 0.6 is 0 Å². The Balaban J connectivity index is 1.45. The third-order valence-corrected chi connectivity index (χ3v) is 4.64. The number of hydrogen-bond donors (Lipinski definition) is 2. The number of aryl methyl sites for hydroxylation is 1. The third kappa shape index (κ3) is 4.79. The lowest BCUT2D eigenvalue weighted by Gasteiger charge is -2.33. The lowest BCUT2D eigenvalue weighted by molar-refractivity contribution is -0.123. The molecule has 3 rings (SSSR count). The highest BCUT2D eigenvalue weighted by molar-refractivity contribution is 5.77. The van der Waals surface area contributed by atoms with Crippen LogP contribution in [-0.2, 0) is 4.79 Å². The van der Waals surface area contributed by atoms with Gasteiger partial charge >= 0.3 is 0 Å². The number of aromatic nitrogens is 1. The third-order valence-electron chi connectivity index (χ3n) is 4.64. The van der Waals surface area contributed by atoms with Crippen LogP contribution in [0.15, 0.2) is 48.7 Å². The molecule has 1 aliphatic rings. The van der Waals surface area contributed by atoms with Crippen molar-refractivity contribution in [1.82, 2.24) is 10.3 Å². The molecule has 2 N–H and O–H groups in total. The number of aliphatic hydroxyl groups excluding tert-OH is 1. The summed E-state index contributed by atoms with van der Waals surface area (Å²) in [5.41, 5.74) is 1.93. The van der Waals surface area contributed by atoms with Crippen LogP contribution in [0.5, 0.6) is 0 Å². The van der Waals surface area contributed by atoms with E-state index >= 15 is 0 Å². The first kappa shape index (κ1) is 17.4. The topological polar surface area (TPSA) is 65.5 Å². The Bertz CT molecular complexity index is 680. The highest BCUT2D eigenvalue weighted by Gasteiger charge is 2.22. The molecule has 1 aromatic heterocycles. The molecule has 0 bridgehead atoms. The molecule has 1 fully saturated rings. The van der Waals surface area contributed by atoms with Crippen molar-refractivity contribution in [3.63, 3.8) is 0 Å². The Morgan fingerprint density at radius 2 is 1.96 bits per heavy atom. The molecule has 1 aromatic carbocycles. The van der Waals surface area contributed by atoms with Crippen molar-refractivity contribution < 1.29 is 9.90 Å². The summed E-state index contributed by atoms with van der Waals surface area (Å²) in [6, 6.07) is 13.6. The molecule has 5 heteroatoms. The molecule has 0 aliphatic carbocycles. The standard InChI is InChI=1S/C20H25N3O2/c1-15-7-8-19(21-14-15)23-11-9-17(10-12-23)22-20(25)13-18(24)16-5-3-2-4-6-16/h2-8,14,17-18,24H,9-13H2,1H3,(H,22,25). The molecule has 2 aromatic rings. The summed E-state index contributed by atoms with van der Waals surface area (Å²) in [6.07, 6.45) is 3.02. The molecule has 132 valence electrons. The summed E-state index contributed by atoms with van der Waals surface area (Å²) in [6.45, 7) is 3.78. The van der Waals surface area contributed by atoms with Crippen LogP contribution in [0.25, 0.3) is 0 Å². The van der Waals surface area contributed by atoms with Crippen LogP contribution in [-0.4, -0.2) is 35.1 Å². The lowest BCUT2D eigenvalue weighted by atomic mass is 10.0. The van der Waals surface area contributed by atoms with Crippen molar-refractivity contribution in [2.24, 2.45) is 0 Å². The molecule has 2 heterocycles. The first-order valence-electron chi connectivity index (χ1n) is 8.82. The zero-order chi connectivity index (χ0) is 17.6. The summed E-state index contributed by atoms with van der Waals surface area (Å²) in [5, 5.41) is 13.2. The molecule has 1 unspecified atom stereocenters. The van der Waals surface area contributed by atoms with Crippen LogP contribution in [0.1, 0.15) is 36.5 Å². The van der Waals surface area contributed by atoms with E-state index in [4.69, 9.17) is 0 Å². The van der Waals surface area contributed by atoms with Gasteiger partial charge in [-0.3, -0.25) is 4.79 Å². The number of nitrogens with zero attached hydrogens (tertiary/aromatic N) is 2. The lowest BCUT2D eigenvalue weighted by Crippen LogP contribution is -2.45. The fourth-order valence-electron chi connectivity index (χ4n) is 3.16. The van der Waals surface area contributed by atoms with E-state index in [0.717, 1.165) is 42.9 Å². The van der Waals surface area contributed by atoms with Crippen LogP contribution in [0.3, 0.4) is 0 Å². The van der Waals surface area contributed by atoms with Gasteiger partial charge in [-0.05, 0) is 37.0 Å². The molecule has 0 spiro atoms. The van der Waals surface area contributed by atoms with Gasteiger partial charge in [0.25, 0.3) is 0 Å². The summed E-state index contributed by atoms with van der Waals surface area (Å²) in [7, 11) is 0. The van der Waals surface area contributed by atoms with Gasteiger partial charge in [0.2, 0.25) is 5.91 Å². The molecule has 5 nitrogen and oxygen atoms in total. The van der Waals surface area contributed by atoms with E-state index in [1.54, 1.807) is 0 Å². The summed E-state index contributed by atoms with van der Waals surface area (Å²) >= 11 is 0. The first-order valence-corrected chi connectivity index (χ1v) is 8.82. The van der Waals surface area contributed by atoms with Gasteiger partial charge in [-0.1, -0.05) is 36.4 Å². The molecule has 25 heavy (non-hydrogen) atoms. The van der Waals surface area contributed by atoms with E-state index in [-0.39, 0.29) is 18.4 Å². The maximum atomic E-state index is 12.2. The van der Waals surface area contributed by atoms with E-state index in [1.807, 2.05) is 49.5 Å². The molecule has 1 atom stereocenters. The number of piperidine rings is 1. The van der Waals surface area contributed by atoms with E-state index in [2.05, 4.69) is 21.3 Å². The molecule has 0 radical (unpaired) electrons. The zero-order valence-electron chi connectivity index (χ0n) is 14.6. The number of pyridine rings is 1. The molecule has 1 amide bonds. The maximum absolute atomic E-state index is 12.2. The minimum Gasteiger partial charge on any atom is -0.388 e. The summed E-state index contributed by atoms with van der Waals surface area (Å²) < 4.78 is 0. The zero-order valence-corrected chi connectivity index (χ0v) is 14.6. The minimum atomic E-state index is -0.752. The number of hydrogen-bond acceptors (Lipinski definition) is 4. The maximum Gasteiger partial charge on any atom is 0.223 e. The number of aliphatic hydroxyl groups is 1. The largest absolute Gasteiger partial charge is 0.388 e. The average molecular weight is 339 g/mol. The van der Waals surface area contributed by atoms with Crippen LogP contribution < -0.4 is 10.2 Å². The number of carbonyl (C=O) groups excluding carboxylic acids is 1. The van der Waals surface area contributed by atoms with Crippen molar-refractivity contribution in [3.8, 4) is 0 Å². The SMILES string of the molecule is Cc1ccc(N2CCC(NC(=O)CC(O)c3ccccc3)CC2)nc1. The molecular weight excluding hydrogens is 314 g/mol. The Morgan fingerprint density at radius 1 is 1.24 bits per heavy atom. The monoisotopic (exact) mass is 339 g/mol.